The third-order valence-corrected chi connectivity index (χ3v) is 2.22. The van der Waals surface area contributed by atoms with Crippen molar-refractivity contribution in [3.8, 4) is 0 Å². The van der Waals surface area contributed by atoms with E-state index in [4.69, 9.17) is 0 Å². The Balaban J connectivity index is 2.58. The predicted octanol–water partition coefficient (Wildman–Crippen LogP) is 1.58. The maximum atomic E-state index is 11.7. The van der Waals surface area contributed by atoms with Crippen LogP contribution in [0.25, 0.3) is 0 Å². The highest BCUT2D eigenvalue weighted by Gasteiger charge is 2.28. The molecule has 0 aliphatic heterocycles. The van der Waals surface area contributed by atoms with Crippen LogP contribution in [-0.4, -0.2) is 17.3 Å². The van der Waals surface area contributed by atoms with Gasteiger partial charge < -0.3 is 0 Å². The van der Waals surface area contributed by atoms with Crippen LogP contribution in [0.4, 0.5) is 0 Å². The topological polar surface area (TPSA) is 75.9 Å². The zero-order chi connectivity index (χ0) is 10.8. The van der Waals surface area contributed by atoms with Crippen molar-refractivity contribution in [2.45, 2.75) is 6.42 Å². The van der Waals surface area contributed by atoms with Crippen LogP contribution in [0.5, 0.6) is 0 Å². The molecular weight excluding hydrogens is 196 g/mol. The van der Waals surface area contributed by atoms with Crippen molar-refractivity contribution in [2.75, 3.05) is 0 Å². The molecule has 0 heterocycles. The van der Waals surface area contributed by atoms with Gasteiger partial charge in [0.15, 0.2) is 5.78 Å². The normalized spacial score (nSPS) is 17.7. The Bertz CT molecular complexity index is 491. The number of benzene rings is 1. The molecule has 0 atom stereocenters. The number of hydrogen-bond donors (Lipinski definition) is 0. The summed E-state index contributed by atoms with van der Waals surface area (Å²) in [6.07, 6.45) is -0.151. The minimum atomic E-state index is -0.398. The fourth-order valence-corrected chi connectivity index (χ4v) is 1.54. The molecule has 1 aliphatic carbocycles. The van der Waals surface area contributed by atoms with E-state index in [0.717, 1.165) is 0 Å². The van der Waals surface area contributed by atoms with Crippen molar-refractivity contribution in [1.82, 2.24) is 0 Å². The summed E-state index contributed by atoms with van der Waals surface area (Å²) in [5.41, 5.74) is 0.581. The van der Waals surface area contributed by atoms with Crippen molar-refractivity contribution in [3.05, 3.63) is 40.3 Å². The molecule has 5 heteroatoms. The van der Waals surface area contributed by atoms with Gasteiger partial charge in [0.1, 0.15) is 5.71 Å². The lowest BCUT2D eigenvalue weighted by Crippen LogP contribution is -2.26. The van der Waals surface area contributed by atoms with Crippen molar-refractivity contribution in [2.24, 2.45) is 10.4 Å². The number of ketones is 2. The van der Waals surface area contributed by atoms with Crippen LogP contribution in [0, 0.1) is 4.91 Å². The monoisotopic (exact) mass is 202 g/mol. The van der Waals surface area contributed by atoms with Crippen LogP contribution in [0.15, 0.2) is 34.7 Å². The van der Waals surface area contributed by atoms with Crippen molar-refractivity contribution < 1.29 is 9.59 Å². The molecule has 0 spiro atoms. The zero-order valence-electron chi connectivity index (χ0n) is 7.64. The fraction of sp³-hybridized carbons (Fsp3) is 0.100. The number of carbonyl (C=O) groups is 2. The van der Waals surface area contributed by atoms with E-state index in [9.17, 15) is 14.5 Å². The minimum absolute atomic E-state index is 0.0892. The second kappa shape index (κ2) is 3.53. The number of hydrogen-bond acceptors (Lipinski definition) is 4. The van der Waals surface area contributed by atoms with Crippen LogP contribution in [0.3, 0.4) is 0 Å². The smallest absolute Gasteiger partial charge is 0.210 e. The molecule has 0 radical (unpaired) electrons. The first-order valence-electron chi connectivity index (χ1n) is 4.30. The number of nitroso groups, excluding NO2 is 1. The Morgan fingerprint density at radius 1 is 1.07 bits per heavy atom. The molecule has 0 amide bonds. The second-order valence-corrected chi connectivity index (χ2v) is 3.10. The summed E-state index contributed by atoms with van der Waals surface area (Å²) >= 11 is 0. The number of rotatable bonds is 1. The summed E-state index contributed by atoms with van der Waals surface area (Å²) in [7, 11) is 0. The Hall–Kier alpha value is -2.17. The summed E-state index contributed by atoms with van der Waals surface area (Å²) in [5, 5.41) is 5.41. The van der Waals surface area contributed by atoms with Crippen molar-refractivity contribution >= 4 is 17.3 Å². The Kier molecular flexibility index (Phi) is 2.21. The Labute approximate surface area is 84.8 Å². The minimum Gasteiger partial charge on any atom is -0.294 e. The molecule has 5 nitrogen and oxygen atoms in total. The lowest BCUT2D eigenvalue weighted by Gasteiger charge is -2.13. The largest absolute Gasteiger partial charge is 0.294 e. The van der Waals surface area contributed by atoms with E-state index in [0.29, 0.717) is 5.56 Å². The molecule has 0 N–H and O–H groups in total. The Morgan fingerprint density at radius 2 is 1.73 bits per heavy atom. The van der Waals surface area contributed by atoms with Gasteiger partial charge in [-0.1, -0.05) is 24.3 Å². The molecule has 74 valence electrons. The SMILES string of the molecule is O=NN=C1CC(=O)c2ccccc2C1=O. The molecule has 0 saturated heterocycles. The maximum absolute atomic E-state index is 11.7. The van der Waals surface area contributed by atoms with Gasteiger partial charge in [0.2, 0.25) is 5.78 Å². The number of nitrogens with zero attached hydrogens (tertiary/aromatic N) is 2. The third kappa shape index (κ3) is 1.48. The van der Waals surface area contributed by atoms with Crippen LogP contribution < -0.4 is 0 Å². The lowest BCUT2D eigenvalue weighted by molar-refractivity contribution is 0.0964. The van der Waals surface area contributed by atoms with Gasteiger partial charge in [-0.25, -0.2) is 0 Å². The van der Waals surface area contributed by atoms with E-state index in [1.54, 1.807) is 18.2 Å². The second-order valence-electron chi connectivity index (χ2n) is 3.10. The average molecular weight is 202 g/mol. The fourth-order valence-electron chi connectivity index (χ4n) is 1.54. The molecule has 2 rings (SSSR count). The molecule has 15 heavy (non-hydrogen) atoms. The van der Waals surface area contributed by atoms with Gasteiger partial charge in [-0.2, -0.15) is 0 Å². The molecule has 0 unspecified atom stereocenters. The summed E-state index contributed by atoms with van der Waals surface area (Å²) < 4.78 is 0. The summed E-state index contributed by atoms with van der Waals surface area (Å²) in [5.74, 6) is -0.614. The van der Waals surface area contributed by atoms with E-state index >= 15 is 0 Å². The highest BCUT2D eigenvalue weighted by Crippen LogP contribution is 2.19. The standard InChI is InChI=1S/C10H6N2O3/c13-9-5-8(11-12-15)10(14)7-4-2-1-3-6(7)9/h1-4H,5H2. The number of fused-ring (bicyclic) bond motifs is 1. The molecule has 1 aromatic carbocycles. The van der Waals surface area contributed by atoms with Crippen LogP contribution in [-0.2, 0) is 0 Å². The summed E-state index contributed by atoms with van der Waals surface area (Å²) in [6, 6.07) is 6.46. The molecule has 1 aliphatic rings. The first-order valence-corrected chi connectivity index (χ1v) is 4.30. The summed E-state index contributed by atoms with van der Waals surface area (Å²) in [6.45, 7) is 0. The van der Waals surface area contributed by atoms with E-state index in [2.05, 4.69) is 10.4 Å². The molecule has 0 fully saturated rings. The average Bonchev–Trinajstić information content (AvgIpc) is 2.26. The molecule has 0 aromatic heterocycles. The van der Waals surface area contributed by atoms with Crippen LogP contribution in [0.1, 0.15) is 27.1 Å². The molecule has 0 saturated carbocycles. The summed E-state index contributed by atoms with van der Waals surface area (Å²) in [4.78, 5) is 33.1. The highest BCUT2D eigenvalue weighted by molar-refractivity contribution is 6.52. The number of carbonyl (C=O) groups excluding carboxylic acids is 2. The van der Waals surface area contributed by atoms with Gasteiger partial charge in [-0.15, -0.1) is 10.0 Å². The zero-order valence-corrected chi connectivity index (χ0v) is 7.64. The molecular formula is C10H6N2O3. The predicted molar refractivity (Wildman–Crippen MR) is 53.0 cm³/mol. The first-order chi connectivity index (χ1) is 7.24. The van der Waals surface area contributed by atoms with Crippen LogP contribution in [0.2, 0.25) is 0 Å². The van der Waals surface area contributed by atoms with Crippen LogP contribution >= 0.6 is 0 Å². The third-order valence-electron chi connectivity index (χ3n) is 2.22. The van der Waals surface area contributed by atoms with Crippen molar-refractivity contribution in [1.29, 1.82) is 0 Å². The van der Waals surface area contributed by atoms with Gasteiger partial charge in [0.05, 0.1) is 11.7 Å². The molecule has 0 bridgehead atoms. The molecule has 1 aromatic rings. The van der Waals surface area contributed by atoms with Gasteiger partial charge in [0, 0.05) is 11.1 Å². The maximum Gasteiger partial charge on any atom is 0.210 e. The van der Waals surface area contributed by atoms with Crippen molar-refractivity contribution in [3.63, 3.8) is 0 Å². The first kappa shape index (κ1) is 9.39. The van der Waals surface area contributed by atoms with Gasteiger partial charge in [0.25, 0.3) is 0 Å². The quantitative estimate of drug-likeness (QED) is 0.512. The lowest BCUT2D eigenvalue weighted by atomic mass is 9.88. The van der Waals surface area contributed by atoms with E-state index < -0.39 is 5.78 Å². The van der Waals surface area contributed by atoms with Gasteiger partial charge in [-0.3, -0.25) is 9.59 Å². The van der Waals surface area contributed by atoms with E-state index in [-0.39, 0.29) is 23.5 Å². The number of Topliss-reactive ketones (excluding diaryl/α,β-unsaturated/α-hetero) is 2. The Morgan fingerprint density at radius 3 is 2.40 bits per heavy atom. The van der Waals surface area contributed by atoms with E-state index in [1.807, 2.05) is 0 Å². The highest BCUT2D eigenvalue weighted by atomic mass is 16.3. The van der Waals surface area contributed by atoms with E-state index in [1.165, 1.54) is 6.07 Å². The van der Waals surface area contributed by atoms with Gasteiger partial charge >= 0.3 is 0 Å². The van der Waals surface area contributed by atoms with Gasteiger partial charge in [-0.05, 0) is 0 Å².